The third kappa shape index (κ3) is 2.30. The van der Waals surface area contributed by atoms with Gasteiger partial charge in [0.25, 0.3) is 0 Å². The van der Waals surface area contributed by atoms with Crippen molar-refractivity contribution < 1.29 is 0 Å². The van der Waals surface area contributed by atoms with E-state index in [0.717, 1.165) is 0 Å². The molecule has 0 unspecified atom stereocenters. The minimum atomic E-state index is 1.17. The van der Waals surface area contributed by atoms with Gasteiger partial charge in [0, 0.05) is 17.5 Å². The number of unbranched alkanes of at least 4 members (excludes halogenated alkanes) is 1. The zero-order valence-corrected chi connectivity index (χ0v) is 9.16. The molecule has 0 aliphatic carbocycles. The van der Waals surface area contributed by atoms with Crippen LogP contribution in [0.4, 0.5) is 0 Å². The lowest BCUT2D eigenvalue weighted by molar-refractivity contribution is 0.796. The number of hydrogen-bond acceptors (Lipinski definition) is 0. The van der Waals surface area contributed by atoms with Gasteiger partial charge < -0.3 is 4.98 Å². The first-order valence-corrected chi connectivity index (χ1v) is 5.63. The summed E-state index contributed by atoms with van der Waals surface area (Å²) >= 11 is 0. The van der Waals surface area contributed by atoms with Crippen molar-refractivity contribution in [2.24, 2.45) is 0 Å². The highest BCUT2D eigenvalue weighted by atomic mass is 14.7. The molecular weight excluding hydrogens is 182 g/mol. The van der Waals surface area contributed by atoms with Crippen LogP contribution in [0.2, 0.25) is 0 Å². The van der Waals surface area contributed by atoms with Gasteiger partial charge in [0.2, 0.25) is 0 Å². The lowest BCUT2D eigenvalue weighted by Crippen LogP contribution is -1.89. The fraction of sp³-hybridized carbons (Fsp3) is 0.286. The van der Waals surface area contributed by atoms with E-state index in [1.54, 1.807) is 0 Å². The third-order valence-electron chi connectivity index (χ3n) is 2.71. The molecule has 1 heterocycles. The Labute approximate surface area is 91.2 Å². The van der Waals surface area contributed by atoms with Crippen molar-refractivity contribution in [3.05, 3.63) is 48.2 Å². The minimum absolute atomic E-state index is 1.17. The molecule has 0 radical (unpaired) electrons. The Morgan fingerprint density at radius 3 is 2.67 bits per heavy atom. The van der Waals surface area contributed by atoms with Gasteiger partial charge in [-0.2, -0.15) is 0 Å². The number of benzene rings is 1. The second-order valence-electron chi connectivity index (χ2n) is 3.84. The Morgan fingerprint density at radius 2 is 1.93 bits per heavy atom. The van der Waals surface area contributed by atoms with E-state index in [4.69, 9.17) is 0 Å². The van der Waals surface area contributed by atoms with E-state index in [2.05, 4.69) is 42.2 Å². The van der Waals surface area contributed by atoms with Gasteiger partial charge in [-0.15, -0.1) is 0 Å². The molecule has 1 heteroatoms. The zero-order chi connectivity index (χ0) is 10.5. The van der Waals surface area contributed by atoms with Crippen LogP contribution in [0.1, 0.15) is 25.3 Å². The van der Waals surface area contributed by atoms with Gasteiger partial charge in [0.1, 0.15) is 0 Å². The summed E-state index contributed by atoms with van der Waals surface area (Å²) in [4.78, 5) is 3.27. The first kappa shape index (κ1) is 10.0. The molecule has 0 fully saturated rings. The fourth-order valence-electron chi connectivity index (χ4n) is 1.87. The largest absolute Gasteiger partial charge is 0.361 e. The highest BCUT2D eigenvalue weighted by molar-refractivity contribution is 5.63. The van der Waals surface area contributed by atoms with Crippen LogP contribution in [-0.4, -0.2) is 4.98 Å². The summed E-state index contributed by atoms with van der Waals surface area (Å²) in [5, 5.41) is 0. The van der Waals surface area contributed by atoms with Gasteiger partial charge >= 0.3 is 0 Å². The van der Waals surface area contributed by atoms with Crippen molar-refractivity contribution >= 4 is 0 Å². The molecule has 1 N–H and O–H groups in total. The summed E-state index contributed by atoms with van der Waals surface area (Å²) in [6.45, 7) is 2.23. The average Bonchev–Trinajstić information content (AvgIpc) is 2.80. The molecule has 0 saturated carbocycles. The summed E-state index contributed by atoms with van der Waals surface area (Å²) in [5.74, 6) is 0. The molecule has 0 bridgehead atoms. The molecule has 0 saturated heterocycles. The number of aryl methyl sites for hydroxylation is 1. The van der Waals surface area contributed by atoms with Crippen molar-refractivity contribution in [3.63, 3.8) is 0 Å². The van der Waals surface area contributed by atoms with E-state index in [0.29, 0.717) is 0 Å². The fourth-order valence-corrected chi connectivity index (χ4v) is 1.87. The van der Waals surface area contributed by atoms with E-state index in [-0.39, 0.29) is 0 Å². The summed E-state index contributed by atoms with van der Waals surface area (Å²) in [7, 11) is 0. The predicted molar refractivity (Wildman–Crippen MR) is 64.8 cm³/mol. The van der Waals surface area contributed by atoms with E-state index >= 15 is 0 Å². The molecule has 0 aliphatic rings. The minimum Gasteiger partial charge on any atom is -0.361 e. The first-order valence-electron chi connectivity index (χ1n) is 5.63. The van der Waals surface area contributed by atoms with Crippen LogP contribution in [0.25, 0.3) is 11.3 Å². The Morgan fingerprint density at radius 1 is 1.07 bits per heavy atom. The first-order chi connectivity index (χ1) is 7.42. The van der Waals surface area contributed by atoms with Crippen LogP contribution in [-0.2, 0) is 6.42 Å². The monoisotopic (exact) mass is 199 g/mol. The van der Waals surface area contributed by atoms with E-state index in [1.807, 2.05) is 12.3 Å². The standard InChI is InChI=1S/C14H17N/c1-2-3-7-12-8-4-5-9-13(12)14-10-6-11-15-14/h4-6,8-11,15H,2-3,7H2,1H3. The molecule has 0 aliphatic heterocycles. The van der Waals surface area contributed by atoms with E-state index in [1.165, 1.54) is 36.1 Å². The number of hydrogen-bond donors (Lipinski definition) is 1. The maximum atomic E-state index is 3.27. The molecule has 2 aromatic rings. The molecular formula is C14H17N. The van der Waals surface area contributed by atoms with E-state index in [9.17, 15) is 0 Å². The van der Waals surface area contributed by atoms with Crippen molar-refractivity contribution in [2.75, 3.05) is 0 Å². The van der Waals surface area contributed by atoms with Gasteiger partial charge in [0.05, 0.1) is 0 Å². The normalized spacial score (nSPS) is 10.5. The van der Waals surface area contributed by atoms with Crippen LogP contribution in [0.5, 0.6) is 0 Å². The predicted octanol–water partition coefficient (Wildman–Crippen LogP) is 4.02. The van der Waals surface area contributed by atoms with Crippen molar-refractivity contribution in [2.45, 2.75) is 26.2 Å². The van der Waals surface area contributed by atoms with Gasteiger partial charge in [-0.3, -0.25) is 0 Å². The number of aromatic amines is 1. The highest BCUT2D eigenvalue weighted by Gasteiger charge is 2.03. The van der Waals surface area contributed by atoms with Crippen molar-refractivity contribution in [1.82, 2.24) is 4.98 Å². The van der Waals surface area contributed by atoms with Crippen molar-refractivity contribution in [3.8, 4) is 11.3 Å². The highest BCUT2D eigenvalue weighted by Crippen LogP contribution is 2.23. The molecule has 1 nitrogen and oxygen atoms in total. The van der Waals surface area contributed by atoms with Gasteiger partial charge in [-0.1, -0.05) is 37.6 Å². The Kier molecular flexibility index (Phi) is 3.23. The number of rotatable bonds is 4. The summed E-state index contributed by atoms with van der Waals surface area (Å²) in [6.07, 6.45) is 5.66. The van der Waals surface area contributed by atoms with E-state index < -0.39 is 0 Å². The van der Waals surface area contributed by atoms with Crippen LogP contribution < -0.4 is 0 Å². The van der Waals surface area contributed by atoms with Crippen LogP contribution in [0.15, 0.2) is 42.6 Å². The maximum absolute atomic E-state index is 3.27. The number of H-pyrrole nitrogens is 1. The zero-order valence-electron chi connectivity index (χ0n) is 9.16. The molecule has 0 spiro atoms. The van der Waals surface area contributed by atoms with Crippen LogP contribution in [0.3, 0.4) is 0 Å². The molecule has 78 valence electrons. The lowest BCUT2D eigenvalue weighted by atomic mass is 10.00. The number of aromatic nitrogens is 1. The quantitative estimate of drug-likeness (QED) is 0.765. The molecule has 1 aromatic heterocycles. The summed E-state index contributed by atoms with van der Waals surface area (Å²) in [5.41, 5.74) is 4.01. The van der Waals surface area contributed by atoms with Gasteiger partial charge in [-0.05, 0) is 30.5 Å². The SMILES string of the molecule is CCCCc1ccccc1-c1ccc[nH]1. The summed E-state index contributed by atoms with van der Waals surface area (Å²) in [6, 6.07) is 12.8. The number of nitrogens with one attached hydrogen (secondary N) is 1. The smallest absolute Gasteiger partial charge is 0.0456 e. The Balaban J connectivity index is 2.30. The molecule has 0 atom stereocenters. The van der Waals surface area contributed by atoms with Gasteiger partial charge in [0.15, 0.2) is 0 Å². The maximum Gasteiger partial charge on any atom is 0.0456 e. The molecule has 15 heavy (non-hydrogen) atoms. The Bertz CT molecular complexity index is 401. The van der Waals surface area contributed by atoms with Crippen molar-refractivity contribution in [1.29, 1.82) is 0 Å². The lowest BCUT2D eigenvalue weighted by Gasteiger charge is -2.07. The second-order valence-corrected chi connectivity index (χ2v) is 3.84. The topological polar surface area (TPSA) is 15.8 Å². The average molecular weight is 199 g/mol. The Hall–Kier alpha value is -1.50. The van der Waals surface area contributed by atoms with Crippen LogP contribution in [0, 0.1) is 0 Å². The second kappa shape index (κ2) is 4.83. The van der Waals surface area contributed by atoms with Gasteiger partial charge in [-0.25, -0.2) is 0 Å². The molecule has 1 aromatic carbocycles. The summed E-state index contributed by atoms with van der Waals surface area (Å²) < 4.78 is 0. The molecule has 0 amide bonds. The third-order valence-corrected chi connectivity index (χ3v) is 2.71. The molecule has 2 rings (SSSR count). The van der Waals surface area contributed by atoms with Crippen LogP contribution >= 0.6 is 0 Å².